The second-order valence-electron chi connectivity index (χ2n) is 4.79. The van der Waals surface area contributed by atoms with E-state index in [1.54, 1.807) is 19.1 Å². The molecule has 0 radical (unpaired) electrons. The second kappa shape index (κ2) is 6.73. The molecule has 0 heterocycles. The zero-order chi connectivity index (χ0) is 15.6. The van der Waals surface area contributed by atoms with Crippen LogP contribution < -0.4 is 5.32 Å². The van der Waals surface area contributed by atoms with Crippen LogP contribution in [0.2, 0.25) is 10.0 Å². The third-order valence-electron chi connectivity index (χ3n) is 3.27. The second-order valence-corrected chi connectivity index (χ2v) is 5.60. The van der Waals surface area contributed by atoms with E-state index in [2.05, 4.69) is 5.32 Å². The third kappa shape index (κ3) is 3.54. The number of nitrogens with one attached hydrogen (secondary N) is 1. The first kappa shape index (κ1) is 16.2. The van der Waals surface area contributed by atoms with Gasteiger partial charge in [0.25, 0.3) is 0 Å². The summed E-state index contributed by atoms with van der Waals surface area (Å²) in [5.74, 6) is -0.853. The Labute approximate surface area is 132 Å². The standard InChI is InChI=1S/C16H15Cl2F2N/c1-3-21-16(10-4-5-12(17)15(20)7-10)11-6-9(2)14(19)8-13(11)18/h4-8,16,21H,3H2,1-2H3. The molecule has 2 rings (SSSR count). The van der Waals surface area contributed by atoms with Crippen LogP contribution in [0.5, 0.6) is 0 Å². The van der Waals surface area contributed by atoms with Crippen molar-refractivity contribution < 1.29 is 8.78 Å². The van der Waals surface area contributed by atoms with Crippen molar-refractivity contribution in [3.8, 4) is 0 Å². The molecule has 0 aliphatic rings. The van der Waals surface area contributed by atoms with Gasteiger partial charge in [-0.05, 0) is 54.4 Å². The van der Waals surface area contributed by atoms with Gasteiger partial charge >= 0.3 is 0 Å². The van der Waals surface area contributed by atoms with E-state index in [4.69, 9.17) is 23.2 Å². The Hall–Kier alpha value is -1.16. The quantitative estimate of drug-likeness (QED) is 0.804. The van der Waals surface area contributed by atoms with E-state index in [9.17, 15) is 8.78 Å². The third-order valence-corrected chi connectivity index (χ3v) is 3.91. The van der Waals surface area contributed by atoms with Gasteiger partial charge in [0.1, 0.15) is 11.6 Å². The maximum absolute atomic E-state index is 13.7. The van der Waals surface area contributed by atoms with Gasteiger partial charge in [-0.25, -0.2) is 8.78 Å². The molecule has 0 aliphatic carbocycles. The largest absolute Gasteiger partial charge is 0.306 e. The SMILES string of the molecule is CCNC(c1ccc(Cl)c(F)c1)c1cc(C)c(F)cc1Cl. The lowest BCUT2D eigenvalue weighted by Crippen LogP contribution is -2.22. The molecule has 5 heteroatoms. The fourth-order valence-corrected chi connectivity index (χ4v) is 2.58. The average molecular weight is 330 g/mol. The molecule has 1 N–H and O–H groups in total. The van der Waals surface area contributed by atoms with Crippen molar-refractivity contribution in [3.05, 3.63) is 68.7 Å². The minimum absolute atomic E-state index is 0.0652. The Morgan fingerprint density at radius 2 is 1.76 bits per heavy atom. The van der Waals surface area contributed by atoms with E-state index < -0.39 is 5.82 Å². The zero-order valence-electron chi connectivity index (χ0n) is 11.7. The first-order chi connectivity index (χ1) is 9.93. The van der Waals surface area contributed by atoms with E-state index in [-0.39, 0.29) is 16.9 Å². The van der Waals surface area contributed by atoms with Crippen LogP contribution in [0, 0.1) is 18.6 Å². The van der Waals surface area contributed by atoms with Crippen molar-refractivity contribution in [1.82, 2.24) is 5.32 Å². The molecule has 1 unspecified atom stereocenters. The molecule has 112 valence electrons. The highest BCUT2D eigenvalue weighted by Gasteiger charge is 2.19. The van der Waals surface area contributed by atoms with Gasteiger partial charge in [0.05, 0.1) is 11.1 Å². The number of halogens is 4. The Morgan fingerprint density at radius 3 is 2.38 bits per heavy atom. The molecular formula is C16H15Cl2F2N. The number of rotatable bonds is 4. The molecule has 0 aliphatic heterocycles. The first-order valence-electron chi connectivity index (χ1n) is 6.58. The van der Waals surface area contributed by atoms with Crippen LogP contribution in [0.1, 0.15) is 29.7 Å². The van der Waals surface area contributed by atoms with Gasteiger partial charge in [-0.15, -0.1) is 0 Å². The van der Waals surface area contributed by atoms with E-state index in [0.29, 0.717) is 28.3 Å². The summed E-state index contributed by atoms with van der Waals surface area (Å²) in [6.45, 7) is 4.26. The van der Waals surface area contributed by atoms with Crippen molar-refractivity contribution in [2.45, 2.75) is 19.9 Å². The fourth-order valence-electron chi connectivity index (χ4n) is 2.20. The van der Waals surface area contributed by atoms with Crippen LogP contribution >= 0.6 is 23.2 Å². The Kier molecular flexibility index (Phi) is 5.20. The minimum atomic E-state index is -0.493. The van der Waals surface area contributed by atoms with Crippen LogP contribution in [-0.4, -0.2) is 6.54 Å². The lowest BCUT2D eigenvalue weighted by atomic mass is 9.97. The zero-order valence-corrected chi connectivity index (χ0v) is 13.2. The molecule has 1 nitrogen and oxygen atoms in total. The number of hydrogen-bond donors (Lipinski definition) is 1. The summed E-state index contributed by atoms with van der Waals surface area (Å²) in [4.78, 5) is 0. The maximum atomic E-state index is 13.7. The predicted molar refractivity (Wildman–Crippen MR) is 83.1 cm³/mol. The summed E-state index contributed by atoms with van der Waals surface area (Å²) < 4.78 is 27.2. The summed E-state index contributed by atoms with van der Waals surface area (Å²) in [6, 6.07) is 7.23. The summed E-state index contributed by atoms with van der Waals surface area (Å²) in [7, 11) is 0. The molecule has 0 amide bonds. The molecule has 2 aromatic carbocycles. The van der Waals surface area contributed by atoms with Crippen molar-refractivity contribution in [2.75, 3.05) is 6.54 Å². The van der Waals surface area contributed by atoms with Crippen LogP contribution in [-0.2, 0) is 0 Å². The molecule has 0 bridgehead atoms. The highest BCUT2D eigenvalue weighted by atomic mass is 35.5. The summed E-state index contributed by atoms with van der Waals surface area (Å²) in [6.07, 6.45) is 0. The van der Waals surface area contributed by atoms with Gasteiger partial charge in [-0.1, -0.05) is 36.2 Å². The van der Waals surface area contributed by atoms with Gasteiger partial charge in [0, 0.05) is 5.02 Å². The molecular weight excluding hydrogens is 315 g/mol. The van der Waals surface area contributed by atoms with Gasteiger partial charge in [0.15, 0.2) is 0 Å². The summed E-state index contributed by atoms with van der Waals surface area (Å²) >= 11 is 11.9. The van der Waals surface area contributed by atoms with Crippen LogP contribution in [0.3, 0.4) is 0 Å². The molecule has 21 heavy (non-hydrogen) atoms. The van der Waals surface area contributed by atoms with E-state index in [0.717, 1.165) is 0 Å². The summed E-state index contributed by atoms with van der Waals surface area (Å²) in [5, 5.41) is 3.60. The minimum Gasteiger partial charge on any atom is -0.306 e. The molecule has 2 aromatic rings. The van der Waals surface area contributed by atoms with Crippen LogP contribution in [0.4, 0.5) is 8.78 Å². The fraction of sp³-hybridized carbons (Fsp3) is 0.250. The molecule has 1 atom stereocenters. The van der Waals surface area contributed by atoms with Crippen molar-refractivity contribution in [1.29, 1.82) is 0 Å². The smallest absolute Gasteiger partial charge is 0.142 e. The topological polar surface area (TPSA) is 12.0 Å². The molecule has 0 aromatic heterocycles. The Morgan fingerprint density at radius 1 is 1.05 bits per heavy atom. The van der Waals surface area contributed by atoms with Gasteiger partial charge in [-0.3, -0.25) is 0 Å². The first-order valence-corrected chi connectivity index (χ1v) is 7.33. The normalized spacial score (nSPS) is 12.5. The predicted octanol–water partition coefficient (Wildman–Crippen LogP) is 5.28. The Bertz CT molecular complexity index is 659. The maximum Gasteiger partial charge on any atom is 0.142 e. The van der Waals surface area contributed by atoms with E-state index in [1.807, 2.05) is 6.92 Å². The van der Waals surface area contributed by atoms with Gasteiger partial charge in [-0.2, -0.15) is 0 Å². The van der Waals surface area contributed by atoms with Crippen molar-refractivity contribution in [3.63, 3.8) is 0 Å². The summed E-state index contributed by atoms with van der Waals surface area (Å²) in [5.41, 5.74) is 1.89. The molecule has 0 fully saturated rings. The highest BCUT2D eigenvalue weighted by molar-refractivity contribution is 6.31. The molecule has 0 saturated heterocycles. The van der Waals surface area contributed by atoms with E-state index in [1.165, 1.54) is 18.2 Å². The lowest BCUT2D eigenvalue weighted by Gasteiger charge is -2.21. The van der Waals surface area contributed by atoms with Gasteiger partial charge < -0.3 is 5.32 Å². The van der Waals surface area contributed by atoms with Crippen LogP contribution in [0.15, 0.2) is 30.3 Å². The monoisotopic (exact) mass is 329 g/mol. The number of hydrogen-bond acceptors (Lipinski definition) is 1. The number of benzene rings is 2. The van der Waals surface area contributed by atoms with E-state index >= 15 is 0 Å². The average Bonchev–Trinajstić information content (AvgIpc) is 2.44. The highest BCUT2D eigenvalue weighted by Crippen LogP contribution is 2.31. The van der Waals surface area contributed by atoms with Crippen molar-refractivity contribution >= 4 is 23.2 Å². The van der Waals surface area contributed by atoms with Crippen molar-refractivity contribution in [2.24, 2.45) is 0 Å². The molecule has 0 saturated carbocycles. The molecule has 0 spiro atoms. The number of aryl methyl sites for hydroxylation is 1. The lowest BCUT2D eigenvalue weighted by molar-refractivity contribution is 0.596. The van der Waals surface area contributed by atoms with Crippen LogP contribution in [0.25, 0.3) is 0 Å². The van der Waals surface area contributed by atoms with Gasteiger partial charge in [0.2, 0.25) is 0 Å². The Balaban J connectivity index is 2.52.